The molecular weight excluding hydrogens is 228 g/mol. The standard InChI is InChI=1S/C19H22/c1-3-16(4-2)13-14-17-9-8-12-19(15-17)18-10-6-5-7-11-18/h3,5-7,10-13,15H,1,4,8-9,14H2,2H3/b16-13+. The monoisotopic (exact) mass is 250 g/mol. The van der Waals surface area contributed by atoms with Gasteiger partial charge in [0, 0.05) is 0 Å². The van der Waals surface area contributed by atoms with Crippen LogP contribution in [0.3, 0.4) is 0 Å². The van der Waals surface area contributed by atoms with Gasteiger partial charge in [-0.1, -0.05) is 79.3 Å². The van der Waals surface area contributed by atoms with Crippen molar-refractivity contribution in [2.24, 2.45) is 0 Å². The average Bonchev–Trinajstić information content (AvgIpc) is 2.49. The summed E-state index contributed by atoms with van der Waals surface area (Å²) in [5, 5.41) is 0. The molecule has 19 heavy (non-hydrogen) atoms. The lowest BCUT2D eigenvalue weighted by Gasteiger charge is -2.13. The van der Waals surface area contributed by atoms with Crippen LogP contribution >= 0.6 is 0 Å². The Labute approximate surface area is 116 Å². The molecule has 0 saturated heterocycles. The van der Waals surface area contributed by atoms with Gasteiger partial charge in [0.05, 0.1) is 0 Å². The van der Waals surface area contributed by atoms with E-state index < -0.39 is 0 Å². The molecule has 0 unspecified atom stereocenters. The summed E-state index contributed by atoms with van der Waals surface area (Å²) in [6.45, 7) is 6.04. The zero-order valence-electron chi connectivity index (χ0n) is 11.7. The minimum Gasteiger partial charge on any atom is -0.0988 e. The van der Waals surface area contributed by atoms with E-state index >= 15 is 0 Å². The summed E-state index contributed by atoms with van der Waals surface area (Å²) in [5.41, 5.74) is 5.56. The number of hydrogen-bond donors (Lipinski definition) is 0. The van der Waals surface area contributed by atoms with Crippen LogP contribution in [-0.4, -0.2) is 0 Å². The Kier molecular flexibility index (Phi) is 4.97. The fourth-order valence-corrected chi connectivity index (χ4v) is 2.39. The highest BCUT2D eigenvalue weighted by molar-refractivity contribution is 5.75. The van der Waals surface area contributed by atoms with Crippen molar-refractivity contribution >= 4 is 5.57 Å². The van der Waals surface area contributed by atoms with Crippen LogP contribution in [0.2, 0.25) is 0 Å². The summed E-state index contributed by atoms with van der Waals surface area (Å²) >= 11 is 0. The Balaban J connectivity index is 2.12. The molecule has 0 saturated carbocycles. The van der Waals surface area contributed by atoms with Crippen LogP contribution in [0.5, 0.6) is 0 Å². The van der Waals surface area contributed by atoms with E-state index in [1.54, 1.807) is 0 Å². The number of benzene rings is 1. The molecule has 0 atom stereocenters. The van der Waals surface area contributed by atoms with Gasteiger partial charge in [-0.3, -0.25) is 0 Å². The lowest BCUT2D eigenvalue weighted by atomic mass is 9.92. The summed E-state index contributed by atoms with van der Waals surface area (Å²) in [6, 6.07) is 10.6. The average molecular weight is 250 g/mol. The van der Waals surface area contributed by atoms with E-state index in [2.05, 4.69) is 62.1 Å². The van der Waals surface area contributed by atoms with Crippen molar-refractivity contribution in [1.82, 2.24) is 0 Å². The fraction of sp³-hybridized carbons (Fsp3) is 0.263. The molecule has 98 valence electrons. The highest BCUT2D eigenvalue weighted by Crippen LogP contribution is 2.27. The lowest BCUT2D eigenvalue weighted by molar-refractivity contribution is 0.923. The molecule has 0 amide bonds. The van der Waals surface area contributed by atoms with Crippen molar-refractivity contribution in [3.63, 3.8) is 0 Å². The maximum absolute atomic E-state index is 3.86. The van der Waals surface area contributed by atoms with Gasteiger partial charge in [0.25, 0.3) is 0 Å². The molecule has 0 heteroatoms. The van der Waals surface area contributed by atoms with E-state index in [0.29, 0.717) is 0 Å². The van der Waals surface area contributed by atoms with Crippen molar-refractivity contribution in [2.45, 2.75) is 32.6 Å². The summed E-state index contributed by atoms with van der Waals surface area (Å²) in [7, 11) is 0. The minimum atomic E-state index is 1.05. The van der Waals surface area contributed by atoms with Gasteiger partial charge >= 0.3 is 0 Å². The second kappa shape index (κ2) is 6.94. The molecule has 0 aliphatic heterocycles. The molecule has 0 radical (unpaired) electrons. The number of rotatable bonds is 5. The third-order valence-electron chi connectivity index (χ3n) is 3.59. The number of allylic oxidation sites excluding steroid dienone is 7. The Bertz CT molecular complexity index is 512. The zero-order valence-corrected chi connectivity index (χ0v) is 11.7. The first-order valence-electron chi connectivity index (χ1n) is 7.10. The SMILES string of the molecule is C=C/C(=C\CC1=CC(c2ccccc2)=CCC1)CC. The van der Waals surface area contributed by atoms with E-state index in [-0.39, 0.29) is 0 Å². The second-order valence-corrected chi connectivity index (χ2v) is 4.91. The van der Waals surface area contributed by atoms with Crippen LogP contribution < -0.4 is 0 Å². The van der Waals surface area contributed by atoms with Gasteiger partial charge in [-0.15, -0.1) is 0 Å². The molecule has 0 nitrogen and oxygen atoms in total. The predicted molar refractivity (Wildman–Crippen MR) is 84.9 cm³/mol. The molecule has 1 aromatic rings. The minimum absolute atomic E-state index is 1.05. The van der Waals surface area contributed by atoms with Crippen LogP contribution in [0, 0.1) is 0 Å². The van der Waals surface area contributed by atoms with E-state index in [4.69, 9.17) is 0 Å². The van der Waals surface area contributed by atoms with Crippen LogP contribution in [0.25, 0.3) is 5.57 Å². The van der Waals surface area contributed by atoms with Gasteiger partial charge < -0.3 is 0 Å². The second-order valence-electron chi connectivity index (χ2n) is 4.91. The maximum Gasteiger partial charge on any atom is -0.0130 e. The molecule has 0 N–H and O–H groups in total. The molecular formula is C19H22. The van der Waals surface area contributed by atoms with Crippen molar-refractivity contribution in [3.05, 3.63) is 77.9 Å². The molecule has 1 aliphatic rings. The molecule has 0 bridgehead atoms. The lowest BCUT2D eigenvalue weighted by Crippen LogP contribution is -1.92. The highest BCUT2D eigenvalue weighted by atomic mass is 14.1. The van der Waals surface area contributed by atoms with Gasteiger partial charge in [0.2, 0.25) is 0 Å². The maximum atomic E-state index is 3.86. The summed E-state index contributed by atoms with van der Waals surface area (Å²) < 4.78 is 0. The van der Waals surface area contributed by atoms with Crippen LogP contribution in [0.15, 0.2) is 72.4 Å². The predicted octanol–water partition coefficient (Wildman–Crippen LogP) is 5.70. The Morgan fingerprint density at radius 2 is 2.05 bits per heavy atom. The summed E-state index contributed by atoms with van der Waals surface area (Å²) in [6.07, 6.45) is 13.4. The normalized spacial score (nSPS) is 15.7. The largest absolute Gasteiger partial charge is 0.0988 e. The first-order valence-corrected chi connectivity index (χ1v) is 7.10. The quantitative estimate of drug-likeness (QED) is 0.588. The van der Waals surface area contributed by atoms with E-state index in [1.807, 2.05) is 6.08 Å². The van der Waals surface area contributed by atoms with Crippen molar-refractivity contribution < 1.29 is 0 Å². The van der Waals surface area contributed by atoms with E-state index in [0.717, 1.165) is 19.3 Å². The topological polar surface area (TPSA) is 0 Å². The van der Waals surface area contributed by atoms with Gasteiger partial charge in [-0.25, -0.2) is 0 Å². The zero-order chi connectivity index (χ0) is 13.5. The van der Waals surface area contributed by atoms with Crippen molar-refractivity contribution in [3.8, 4) is 0 Å². The molecule has 2 rings (SSSR count). The third kappa shape index (κ3) is 3.82. The van der Waals surface area contributed by atoms with E-state index in [1.165, 1.54) is 28.7 Å². The first-order chi connectivity index (χ1) is 9.33. The molecule has 1 aliphatic carbocycles. The summed E-state index contributed by atoms with van der Waals surface area (Å²) in [4.78, 5) is 0. The summed E-state index contributed by atoms with van der Waals surface area (Å²) in [5.74, 6) is 0. The highest BCUT2D eigenvalue weighted by Gasteiger charge is 2.06. The van der Waals surface area contributed by atoms with Crippen LogP contribution in [0.4, 0.5) is 0 Å². The molecule has 0 heterocycles. The Morgan fingerprint density at radius 3 is 2.74 bits per heavy atom. The van der Waals surface area contributed by atoms with Crippen LogP contribution in [-0.2, 0) is 0 Å². The van der Waals surface area contributed by atoms with Gasteiger partial charge in [-0.2, -0.15) is 0 Å². The molecule has 1 aromatic carbocycles. The smallest absolute Gasteiger partial charge is 0.0130 e. The third-order valence-corrected chi connectivity index (χ3v) is 3.59. The Hall–Kier alpha value is -1.82. The molecule has 0 spiro atoms. The number of hydrogen-bond acceptors (Lipinski definition) is 0. The van der Waals surface area contributed by atoms with E-state index in [9.17, 15) is 0 Å². The van der Waals surface area contributed by atoms with Crippen molar-refractivity contribution in [1.29, 1.82) is 0 Å². The Morgan fingerprint density at radius 1 is 1.26 bits per heavy atom. The van der Waals surface area contributed by atoms with Gasteiger partial charge in [0.1, 0.15) is 0 Å². The van der Waals surface area contributed by atoms with Crippen molar-refractivity contribution in [2.75, 3.05) is 0 Å². The van der Waals surface area contributed by atoms with Crippen LogP contribution in [0.1, 0.15) is 38.2 Å². The van der Waals surface area contributed by atoms with Gasteiger partial charge in [0.15, 0.2) is 0 Å². The molecule has 0 aromatic heterocycles. The first kappa shape index (κ1) is 13.6. The van der Waals surface area contributed by atoms with Gasteiger partial charge in [-0.05, 0) is 36.8 Å². The molecule has 0 fully saturated rings. The fourth-order valence-electron chi connectivity index (χ4n) is 2.39.